The molecule has 0 unspecified atom stereocenters. The van der Waals surface area contributed by atoms with Crippen LogP contribution in [-0.4, -0.2) is 89.3 Å². The molecule has 0 aliphatic carbocycles. The minimum absolute atomic E-state index is 0.0312. The zero-order valence-corrected chi connectivity index (χ0v) is 25.6. The number of ether oxygens (including phenoxy) is 7. The van der Waals surface area contributed by atoms with Crippen molar-refractivity contribution in [1.82, 2.24) is 4.90 Å². The molecule has 1 N–H and O–H groups in total. The minimum Gasteiger partial charge on any atom is -0.497 e. The predicted octanol–water partition coefficient (Wildman–Crippen LogP) is 4.51. The standard InChI is InChI=1S/C34H37NO10/c1-39-25-8-5-23(6-9-25)32(36)26(31(34(37)38)24-7-10-27-28(20-24)45-21-44-27)17-22-18-29(40-2)33(41-3)30(19-22)43-14-4-11-35-12-15-42-16-13-35/h5-10,18-20H,4,11-17,21H2,1-3H3,(H,37,38)/b31-26+. The number of fused-ring (bicyclic) bond motifs is 1. The molecule has 0 bridgehead atoms. The molecule has 11 nitrogen and oxygen atoms in total. The molecule has 2 aliphatic rings. The molecule has 1 fully saturated rings. The van der Waals surface area contributed by atoms with E-state index in [1.54, 1.807) is 54.6 Å². The van der Waals surface area contributed by atoms with Crippen LogP contribution < -0.4 is 28.4 Å². The van der Waals surface area contributed by atoms with E-state index in [-0.39, 0.29) is 24.4 Å². The lowest BCUT2D eigenvalue weighted by Crippen LogP contribution is -2.37. The Hall–Kier alpha value is -4.74. The number of ketones is 1. The predicted molar refractivity (Wildman–Crippen MR) is 165 cm³/mol. The molecule has 0 atom stereocenters. The second-order valence-corrected chi connectivity index (χ2v) is 10.4. The molecule has 5 rings (SSSR count). The second kappa shape index (κ2) is 14.8. The van der Waals surface area contributed by atoms with Crippen molar-refractivity contribution < 1.29 is 47.9 Å². The van der Waals surface area contributed by atoms with Crippen LogP contribution >= 0.6 is 0 Å². The fraction of sp³-hybridized carbons (Fsp3) is 0.353. The Bertz CT molecular complexity index is 1540. The van der Waals surface area contributed by atoms with Crippen LogP contribution in [0.1, 0.15) is 27.9 Å². The van der Waals surface area contributed by atoms with Gasteiger partial charge >= 0.3 is 5.97 Å². The topological polar surface area (TPSA) is 122 Å². The van der Waals surface area contributed by atoms with Gasteiger partial charge in [0.05, 0.1) is 46.7 Å². The van der Waals surface area contributed by atoms with Crippen LogP contribution in [0.4, 0.5) is 0 Å². The van der Waals surface area contributed by atoms with Crippen LogP contribution in [0.3, 0.4) is 0 Å². The number of carbonyl (C=O) groups is 2. The largest absolute Gasteiger partial charge is 0.497 e. The van der Waals surface area contributed by atoms with Crippen molar-refractivity contribution in [2.24, 2.45) is 0 Å². The van der Waals surface area contributed by atoms with Crippen molar-refractivity contribution in [1.29, 1.82) is 0 Å². The molecule has 238 valence electrons. The van der Waals surface area contributed by atoms with Crippen LogP contribution in [0.15, 0.2) is 60.2 Å². The van der Waals surface area contributed by atoms with E-state index in [1.807, 2.05) is 0 Å². The number of hydrogen-bond acceptors (Lipinski definition) is 10. The Balaban J connectivity index is 1.52. The Labute approximate surface area is 261 Å². The molecule has 11 heteroatoms. The summed E-state index contributed by atoms with van der Waals surface area (Å²) in [6, 6.07) is 14.8. The smallest absolute Gasteiger partial charge is 0.336 e. The molecule has 3 aromatic rings. The Morgan fingerprint density at radius 2 is 1.56 bits per heavy atom. The molecule has 0 saturated carbocycles. The third-order valence-electron chi connectivity index (χ3n) is 7.67. The molecular weight excluding hydrogens is 582 g/mol. The van der Waals surface area contributed by atoms with Gasteiger partial charge in [0, 0.05) is 37.2 Å². The summed E-state index contributed by atoms with van der Waals surface area (Å²) in [7, 11) is 4.57. The maximum absolute atomic E-state index is 14.1. The SMILES string of the molecule is COc1ccc(C(=O)/C(Cc2cc(OC)c(OC)c(OCCCN3CCOCC3)c2)=C(/C(=O)O)c2ccc3c(c2)OCO3)cc1. The van der Waals surface area contributed by atoms with Crippen LogP contribution in [0.25, 0.3) is 5.57 Å². The molecule has 0 aromatic heterocycles. The molecule has 3 aromatic carbocycles. The Kier molecular flexibility index (Phi) is 10.4. The van der Waals surface area contributed by atoms with Gasteiger partial charge in [0.2, 0.25) is 12.5 Å². The third kappa shape index (κ3) is 7.50. The van der Waals surface area contributed by atoms with E-state index in [2.05, 4.69) is 4.90 Å². The average Bonchev–Trinajstić information content (AvgIpc) is 3.54. The van der Waals surface area contributed by atoms with Crippen molar-refractivity contribution in [3.05, 3.63) is 76.9 Å². The maximum Gasteiger partial charge on any atom is 0.336 e. The van der Waals surface area contributed by atoms with E-state index in [0.717, 1.165) is 39.3 Å². The molecule has 0 radical (unpaired) electrons. The summed E-state index contributed by atoms with van der Waals surface area (Å²) >= 11 is 0. The number of rotatable bonds is 14. The molecular formula is C34H37NO10. The van der Waals surface area contributed by atoms with Gasteiger partial charge in [0.15, 0.2) is 28.8 Å². The average molecular weight is 620 g/mol. The quantitative estimate of drug-likeness (QED) is 0.156. The highest BCUT2D eigenvalue weighted by Gasteiger charge is 2.27. The van der Waals surface area contributed by atoms with Gasteiger partial charge in [-0.15, -0.1) is 0 Å². The number of aliphatic carboxylic acids is 1. The Morgan fingerprint density at radius 3 is 2.24 bits per heavy atom. The molecule has 0 spiro atoms. The number of carboxylic acid groups (broad SMARTS) is 1. The first kappa shape index (κ1) is 31.7. The summed E-state index contributed by atoms with van der Waals surface area (Å²) in [5.74, 6) is 1.01. The van der Waals surface area contributed by atoms with Crippen LogP contribution in [0.5, 0.6) is 34.5 Å². The summed E-state index contributed by atoms with van der Waals surface area (Å²) < 4.78 is 39.0. The number of methoxy groups -OCH3 is 3. The zero-order valence-electron chi connectivity index (χ0n) is 25.6. The van der Waals surface area contributed by atoms with E-state index in [1.165, 1.54) is 21.3 Å². The summed E-state index contributed by atoms with van der Waals surface area (Å²) in [4.78, 5) is 29.3. The van der Waals surface area contributed by atoms with Gasteiger partial charge < -0.3 is 38.3 Å². The summed E-state index contributed by atoms with van der Waals surface area (Å²) in [6.07, 6.45) is 0.746. The zero-order chi connectivity index (χ0) is 31.8. The lowest BCUT2D eigenvalue weighted by molar-refractivity contribution is -0.130. The number of allylic oxidation sites excluding steroid dienone is 1. The summed E-state index contributed by atoms with van der Waals surface area (Å²) in [6.45, 7) is 4.55. The van der Waals surface area contributed by atoms with Crippen molar-refractivity contribution in [3.63, 3.8) is 0 Å². The van der Waals surface area contributed by atoms with Crippen LogP contribution in [-0.2, 0) is 16.0 Å². The van der Waals surface area contributed by atoms with E-state index < -0.39 is 11.8 Å². The summed E-state index contributed by atoms with van der Waals surface area (Å²) in [5.41, 5.74) is 1.13. The molecule has 2 heterocycles. The third-order valence-corrected chi connectivity index (χ3v) is 7.67. The second-order valence-electron chi connectivity index (χ2n) is 10.4. The molecule has 45 heavy (non-hydrogen) atoms. The lowest BCUT2D eigenvalue weighted by atomic mass is 9.89. The fourth-order valence-electron chi connectivity index (χ4n) is 5.37. The first-order valence-corrected chi connectivity index (χ1v) is 14.6. The van der Waals surface area contributed by atoms with E-state index >= 15 is 0 Å². The van der Waals surface area contributed by atoms with Gasteiger partial charge in [-0.25, -0.2) is 4.79 Å². The summed E-state index contributed by atoms with van der Waals surface area (Å²) in [5, 5.41) is 10.5. The minimum atomic E-state index is -1.26. The molecule has 2 aliphatic heterocycles. The van der Waals surface area contributed by atoms with Crippen LogP contribution in [0, 0.1) is 0 Å². The monoisotopic (exact) mass is 619 g/mol. The molecule has 1 saturated heterocycles. The maximum atomic E-state index is 14.1. The fourth-order valence-corrected chi connectivity index (χ4v) is 5.37. The van der Waals surface area contributed by atoms with Gasteiger partial charge in [0.1, 0.15) is 5.75 Å². The number of hydrogen-bond donors (Lipinski definition) is 1. The number of benzene rings is 3. The Morgan fingerprint density at radius 1 is 0.844 bits per heavy atom. The van der Waals surface area contributed by atoms with Gasteiger partial charge in [0.25, 0.3) is 0 Å². The molecule has 0 amide bonds. The van der Waals surface area contributed by atoms with E-state index in [4.69, 9.17) is 33.2 Å². The van der Waals surface area contributed by atoms with Crippen molar-refractivity contribution in [3.8, 4) is 34.5 Å². The lowest BCUT2D eigenvalue weighted by Gasteiger charge is -2.26. The highest BCUT2D eigenvalue weighted by atomic mass is 16.7. The van der Waals surface area contributed by atoms with Gasteiger partial charge in [-0.3, -0.25) is 9.69 Å². The number of nitrogens with zero attached hydrogens (tertiary/aromatic N) is 1. The normalized spacial score (nSPS) is 14.8. The number of carbonyl (C=O) groups excluding carboxylic acids is 1. The first-order valence-electron chi connectivity index (χ1n) is 14.6. The first-order chi connectivity index (χ1) is 21.9. The van der Waals surface area contributed by atoms with E-state index in [0.29, 0.717) is 57.8 Å². The highest BCUT2D eigenvalue weighted by Crippen LogP contribution is 2.41. The van der Waals surface area contributed by atoms with Crippen LogP contribution in [0.2, 0.25) is 0 Å². The van der Waals surface area contributed by atoms with Gasteiger partial charge in [-0.1, -0.05) is 6.07 Å². The number of Topliss-reactive ketones (excluding diaryl/α,β-unsaturated/α-hetero) is 1. The highest BCUT2D eigenvalue weighted by molar-refractivity contribution is 6.26. The number of morpholine rings is 1. The van der Waals surface area contributed by atoms with Crippen molar-refractivity contribution in [2.75, 3.05) is 67.6 Å². The number of carboxylic acids is 1. The van der Waals surface area contributed by atoms with Crippen molar-refractivity contribution >= 4 is 17.3 Å². The van der Waals surface area contributed by atoms with E-state index in [9.17, 15) is 14.7 Å². The van der Waals surface area contributed by atoms with Gasteiger partial charge in [-0.05, 0) is 66.1 Å². The van der Waals surface area contributed by atoms with Gasteiger partial charge in [-0.2, -0.15) is 0 Å². The van der Waals surface area contributed by atoms with Crippen molar-refractivity contribution in [2.45, 2.75) is 12.8 Å².